The lowest BCUT2D eigenvalue weighted by atomic mass is 10.2. The molecule has 116 valence electrons. The number of benzene rings is 1. The van der Waals surface area contributed by atoms with E-state index in [1.54, 1.807) is 12.1 Å². The summed E-state index contributed by atoms with van der Waals surface area (Å²) in [5.74, 6) is 0.369. The van der Waals surface area contributed by atoms with Crippen molar-refractivity contribution < 1.29 is 8.42 Å². The summed E-state index contributed by atoms with van der Waals surface area (Å²) in [4.78, 5) is 4.32. The summed E-state index contributed by atoms with van der Waals surface area (Å²) in [5.41, 5.74) is 6.56. The Morgan fingerprint density at radius 2 is 2.19 bits per heavy atom. The Bertz CT molecular complexity index is 642. The summed E-state index contributed by atoms with van der Waals surface area (Å²) in [7, 11) is -3.55. The Kier molecular flexibility index (Phi) is 5.23. The molecule has 8 heteroatoms. The predicted molar refractivity (Wildman–Crippen MR) is 86.7 cm³/mol. The van der Waals surface area contributed by atoms with Crippen molar-refractivity contribution in [3.8, 4) is 0 Å². The average molecular weight is 375 g/mol. The molecule has 1 aromatic carbocycles. The van der Waals surface area contributed by atoms with E-state index in [-0.39, 0.29) is 11.4 Å². The highest BCUT2D eigenvalue weighted by atomic mass is 79.9. The standard InChI is InChI=1S/C13H19BrN4O2S/c1-9-2-5-11(14)12(8-9)21(19,20)17-7-6-16-13(15)18-10-3-4-10/h2,5,8,10,17H,3-4,6-7H2,1H3,(H3,15,16,18). The van der Waals surface area contributed by atoms with Crippen LogP contribution >= 0.6 is 15.9 Å². The van der Waals surface area contributed by atoms with E-state index in [0.717, 1.165) is 18.4 Å². The molecule has 0 atom stereocenters. The van der Waals surface area contributed by atoms with Crippen LogP contribution in [0, 0.1) is 6.92 Å². The Hall–Kier alpha value is -1.12. The van der Waals surface area contributed by atoms with Crippen molar-refractivity contribution in [2.24, 2.45) is 10.7 Å². The van der Waals surface area contributed by atoms with Gasteiger partial charge in [-0.3, -0.25) is 4.99 Å². The van der Waals surface area contributed by atoms with Gasteiger partial charge < -0.3 is 11.1 Å². The number of hydrogen-bond donors (Lipinski definition) is 3. The third-order valence-corrected chi connectivity index (χ3v) is 5.45. The minimum absolute atomic E-state index is 0.204. The highest BCUT2D eigenvalue weighted by Crippen LogP contribution is 2.22. The van der Waals surface area contributed by atoms with Crippen molar-refractivity contribution in [2.45, 2.75) is 30.7 Å². The van der Waals surface area contributed by atoms with Crippen LogP contribution in [0.25, 0.3) is 0 Å². The maximum atomic E-state index is 12.2. The van der Waals surface area contributed by atoms with Crippen molar-refractivity contribution >= 4 is 31.9 Å². The van der Waals surface area contributed by atoms with Crippen molar-refractivity contribution in [1.82, 2.24) is 10.0 Å². The molecule has 1 saturated carbocycles. The van der Waals surface area contributed by atoms with Crippen molar-refractivity contribution in [3.63, 3.8) is 0 Å². The molecule has 0 radical (unpaired) electrons. The van der Waals surface area contributed by atoms with Crippen molar-refractivity contribution in [2.75, 3.05) is 13.1 Å². The zero-order valence-electron chi connectivity index (χ0n) is 11.8. The molecule has 0 spiro atoms. The van der Waals surface area contributed by atoms with Gasteiger partial charge in [0, 0.05) is 17.1 Å². The molecule has 1 aliphatic carbocycles. The zero-order valence-corrected chi connectivity index (χ0v) is 14.2. The van der Waals surface area contributed by atoms with E-state index < -0.39 is 10.0 Å². The first-order valence-electron chi connectivity index (χ1n) is 6.71. The fourth-order valence-corrected chi connectivity index (χ4v) is 3.80. The maximum absolute atomic E-state index is 12.2. The molecule has 21 heavy (non-hydrogen) atoms. The van der Waals surface area contributed by atoms with Gasteiger partial charge in [-0.2, -0.15) is 0 Å². The number of sulfonamides is 1. The second-order valence-corrected chi connectivity index (χ2v) is 7.61. The molecular weight excluding hydrogens is 356 g/mol. The van der Waals surface area contributed by atoms with Crippen molar-refractivity contribution in [3.05, 3.63) is 28.2 Å². The van der Waals surface area contributed by atoms with Gasteiger partial charge in [0.2, 0.25) is 10.0 Å². The van der Waals surface area contributed by atoms with Crippen LogP contribution in [-0.2, 0) is 10.0 Å². The van der Waals surface area contributed by atoms with Gasteiger partial charge in [-0.15, -0.1) is 0 Å². The quantitative estimate of drug-likeness (QED) is 0.394. The first-order valence-corrected chi connectivity index (χ1v) is 8.98. The minimum atomic E-state index is -3.55. The number of aryl methyl sites for hydroxylation is 1. The minimum Gasteiger partial charge on any atom is -0.370 e. The monoisotopic (exact) mass is 374 g/mol. The van der Waals surface area contributed by atoms with Crippen LogP contribution in [0.15, 0.2) is 32.6 Å². The number of nitrogens with one attached hydrogen (secondary N) is 2. The second-order valence-electron chi connectivity index (χ2n) is 5.02. The summed E-state index contributed by atoms with van der Waals surface area (Å²) < 4.78 is 27.5. The number of nitrogens with zero attached hydrogens (tertiary/aromatic N) is 1. The highest BCUT2D eigenvalue weighted by molar-refractivity contribution is 9.10. The van der Waals surface area contributed by atoms with Crippen molar-refractivity contribution in [1.29, 1.82) is 0 Å². The number of nitrogens with two attached hydrogens (primary N) is 1. The number of hydrogen-bond acceptors (Lipinski definition) is 3. The molecule has 0 aliphatic heterocycles. The topological polar surface area (TPSA) is 96.6 Å². The van der Waals surface area contributed by atoms with Gasteiger partial charge >= 0.3 is 0 Å². The van der Waals surface area contributed by atoms with Crippen LogP contribution in [-0.4, -0.2) is 33.5 Å². The summed E-state index contributed by atoms with van der Waals surface area (Å²) in [6.07, 6.45) is 2.23. The molecule has 4 N–H and O–H groups in total. The van der Waals surface area contributed by atoms with Gasteiger partial charge in [-0.1, -0.05) is 6.07 Å². The molecule has 2 rings (SSSR count). The Labute approximate surface area is 133 Å². The predicted octanol–water partition coefficient (Wildman–Crippen LogP) is 1.10. The first-order chi connectivity index (χ1) is 9.88. The van der Waals surface area contributed by atoms with Gasteiger partial charge in [-0.25, -0.2) is 13.1 Å². The number of rotatable bonds is 6. The molecule has 0 unspecified atom stereocenters. The van der Waals surface area contributed by atoms with Gasteiger partial charge in [0.15, 0.2) is 5.96 Å². The second kappa shape index (κ2) is 6.76. The number of aliphatic imine (C=N–C) groups is 1. The SMILES string of the molecule is Cc1ccc(Br)c(S(=O)(=O)NCCN=C(N)NC2CC2)c1. The third kappa shape index (κ3) is 4.98. The van der Waals surface area contributed by atoms with Gasteiger partial charge in [-0.05, 0) is 53.4 Å². The normalized spacial score (nSPS) is 16.0. The summed E-state index contributed by atoms with van der Waals surface area (Å²) in [6, 6.07) is 5.63. The van der Waals surface area contributed by atoms with Gasteiger partial charge in [0.05, 0.1) is 11.4 Å². The largest absolute Gasteiger partial charge is 0.370 e. The van der Waals surface area contributed by atoms with E-state index in [1.165, 1.54) is 0 Å². The lowest BCUT2D eigenvalue weighted by Crippen LogP contribution is -2.34. The molecule has 1 fully saturated rings. The Morgan fingerprint density at radius 3 is 2.86 bits per heavy atom. The molecule has 0 amide bonds. The van der Waals surface area contributed by atoms with Crippen LogP contribution in [0.4, 0.5) is 0 Å². The Morgan fingerprint density at radius 1 is 1.48 bits per heavy atom. The third-order valence-electron chi connectivity index (χ3n) is 2.99. The molecule has 0 saturated heterocycles. The zero-order chi connectivity index (χ0) is 15.5. The van der Waals surface area contributed by atoms with E-state index in [2.05, 4.69) is 31.0 Å². The molecule has 1 aliphatic rings. The van der Waals surface area contributed by atoms with Crippen LogP contribution in [0.5, 0.6) is 0 Å². The summed E-state index contributed by atoms with van der Waals surface area (Å²) in [5, 5.41) is 3.04. The van der Waals surface area contributed by atoms with E-state index >= 15 is 0 Å². The van der Waals surface area contributed by atoms with E-state index in [4.69, 9.17) is 5.73 Å². The molecule has 1 aromatic rings. The van der Waals surface area contributed by atoms with E-state index in [1.807, 2.05) is 13.0 Å². The Balaban J connectivity index is 1.90. The van der Waals surface area contributed by atoms with Crippen LogP contribution < -0.4 is 15.8 Å². The average Bonchev–Trinajstić information content (AvgIpc) is 3.21. The molecule has 0 bridgehead atoms. The fourth-order valence-electron chi connectivity index (χ4n) is 1.73. The van der Waals surface area contributed by atoms with E-state index in [0.29, 0.717) is 23.0 Å². The lowest BCUT2D eigenvalue weighted by Gasteiger charge is -2.09. The molecule has 0 aromatic heterocycles. The smallest absolute Gasteiger partial charge is 0.241 e. The van der Waals surface area contributed by atoms with Gasteiger partial charge in [0.1, 0.15) is 0 Å². The summed E-state index contributed by atoms with van der Waals surface area (Å²) >= 11 is 3.26. The molecule has 6 nitrogen and oxygen atoms in total. The molecule has 0 heterocycles. The van der Waals surface area contributed by atoms with Crippen LogP contribution in [0.2, 0.25) is 0 Å². The summed E-state index contributed by atoms with van der Waals surface area (Å²) in [6.45, 7) is 2.35. The van der Waals surface area contributed by atoms with Crippen LogP contribution in [0.3, 0.4) is 0 Å². The van der Waals surface area contributed by atoms with Gasteiger partial charge in [0.25, 0.3) is 0 Å². The van der Waals surface area contributed by atoms with Crippen LogP contribution in [0.1, 0.15) is 18.4 Å². The lowest BCUT2D eigenvalue weighted by molar-refractivity contribution is 0.581. The fraction of sp³-hybridized carbons (Fsp3) is 0.462. The highest BCUT2D eigenvalue weighted by Gasteiger charge is 2.21. The number of halogens is 1. The number of guanidine groups is 1. The van der Waals surface area contributed by atoms with E-state index in [9.17, 15) is 8.42 Å². The molecular formula is C13H19BrN4O2S. The first kappa shape index (κ1) is 16.3. The maximum Gasteiger partial charge on any atom is 0.241 e.